The van der Waals surface area contributed by atoms with Crippen LogP contribution in [-0.2, 0) is 14.3 Å². The molecule has 1 heterocycles. The molecule has 0 fully saturated rings. The van der Waals surface area contributed by atoms with E-state index in [1.165, 1.54) is 7.05 Å². The van der Waals surface area contributed by atoms with E-state index in [0.29, 0.717) is 9.09 Å². The summed E-state index contributed by atoms with van der Waals surface area (Å²) in [7, 11) is 1.51. The van der Waals surface area contributed by atoms with Gasteiger partial charge in [-0.3, -0.25) is 20.0 Å². The van der Waals surface area contributed by atoms with Crippen LogP contribution < -0.4 is 16.4 Å². The van der Waals surface area contributed by atoms with Gasteiger partial charge in [-0.2, -0.15) is 0 Å². The van der Waals surface area contributed by atoms with E-state index in [1.807, 2.05) is 20.8 Å². The van der Waals surface area contributed by atoms with E-state index < -0.39 is 23.7 Å². The lowest BCUT2D eigenvalue weighted by atomic mass is 10.1. The first-order chi connectivity index (χ1) is 10.1. The summed E-state index contributed by atoms with van der Waals surface area (Å²) in [6.45, 7) is 5.48. The maximum atomic E-state index is 12.2. The van der Waals surface area contributed by atoms with E-state index in [0.717, 1.165) is 11.3 Å². The molecule has 0 saturated heterocycles. The summed E-state index contributed by atoms with van der Waals surface area (Å²) in [6, 6.07) is -1.02. The molecule has 1 rings (SSSR count). The van der Waals surface area contributed by atoms with Crippen LogP contribution in [0.4, 0.5) is 5.13 Å². The fraction of sp³-hybridized carbons (Fsp3) is 0.667. The zero-order valence-electron chi connectivity index (χ0n) is 12.9. The second-order valence-electron chi connectivity index (χ2n) is 5.58. The third-order valence-corrected chi connectivity index (χ3v) is 3.55. The molecule has 0 spiro atoms. The molecule has 0 aliphatic rings. The predicted molar refractivity (Wildman–Crippen MR) is 87.2 cm³/mol. The summed E-state index contributed by atoms with van der Waals surface area (Å²) >= 11 is 6.00. The van der Waals surface area contributed by atoms with Crippen molar-refractivity contribution in [3.63, 3.8) is 0 Å². The number of carbonyl (C=O) groups is 2. The lowest BCUT2D eigenvalue weighted by molar-refractivity contribution is -0.133. The maximum absolute atomic E-state index is 12.2. The van der Waals surface area contributed by atoms with Gasteiger partial charge in [0, 0.05) is 7.05 Å². The average Bonchev–Trinajstić information content (AvgIpc) is 2.80. The van der Waals surface area contributed by atoms with Crippen molar-refractivity contribution in [2.24, 2.45) is 5.73 Å². The summed E-state index contributed by atoms with van der Waals surface area (Å²) in [5.41, 5.74) is 5.41. The lowest BCUT2D eigenvalue weighted by Gasteiger charge is -2.30. The number of aromatic nitrogens is 2. The van der Waals surface area contributed by atoms with Crippen molar-refractivity contribution in [2.45, 2.75) is 44.9 Å². The number of amides is 2. The number of nitrogens with zero attached hydrogens (tertiary/aromatic N) is 1. The van der Waals surface area contributed by atoms with Gasteiger partial charge >= 0.3 is 0 Å². The number of rotatable bonds is 6. The largest absolute Gasteiger partial charge is 0.370 e. The molecule has 0 aliphatic carbocycles. The van der Waals surface area contributed by atoms with Crippen LogP contribution in [0.1, 0.15) is 27.2 Å². The van der Waals surface area contributed by atoms with Crippen LogP contribution in [0.15, 0.2) is 0 Å². The van der Waals surface area contributed by atoms with Crippen molar-refractivity contribution in [3.8, 4) is 0 Å². The SMILES string of the molecule is CNC(=O)CC(OC(C)(C)C)C(N)C(=O)Nc1n[nH]c(=S)s1. The second-order valence-corrected chi connectivity index (χ2v) is 7.25. The molecule has 0 bridgehead atoms. The number of anilines is 1. The Morgan fingerprint density at radius 3 is 2.59 bits per heavy atom. The van der Waals surface area contributed by atoms with Gasteiger partial charge in [0.15, 0.2) is 3.95 Å². The standard InChI is InChI=1S/C12H21N5O3S2/c1-12(2,3)20-6(5-7(18)14-4)8(13)9(19)15-10-16-17-11(21)22-10/h6,8H,5,13H2,1-4H3,(H,14,18)(H,17,21)(H,15,16,19). The van der Waals surface area contributed by atoms with Crippen LogP contribution in [0.2, 0.25) is 0 Å². The van der Waals surface area contributed by atoms with E-state index in [2.05, 4.69) is 20.8 Å². The predicted octanol–water partition coefficient (Wildman–Crippen LogP) is 0.786. The highest BCUT2D eigenvalue weighted by atomic mass is 32.1. The fourth-order valence-electron chi connectivity index (χ4n) is 1.62. The van der Waals surface area contributed by atoms with Gasteiger partial charge in [-0.15, -0.1) is 5.10 Å². The molecular formula is C12H21N5O3S2. The van der Waals surface area contributed by atoms with E-state index in [4.69, 9.17) is 22.7 Å². The van der Waals surface area contributed by atoms with Crippen molar-refractivity contribution in [3.05, 3.63) is 3.95 Å². The van der Waals surface area contributed by atoms with Gasteiger partial charge in [0.1, 0.15) is 6.04 Å². The Morgan fingerprint density at radius 2 is 2.14 bits per heavy atom. The van der Waals surface area contributed by atoms with Crippen molar-refractivity contribution in [1.29, 1.82) is 0 Å². The number of nitrogens with one attached hydrogen (secondary N) is 3. The Hall–Kier alpha value is -1.36. The van der Waals surface area contributed by atoms with Gasteiger partial charge in [0.05, 0.1) is 18.1 Å². The molecular weight excluding hydrogens is 326 g/mol. The van der Waals surface area contributed by atoms with Crippen LogP contribution in [0.25, 0.3) is 0 Å². The Morgan fingerprint density at radius 1 is 1.50 bits per heavy atom. The highest BCUT2D eigenvalue weighted by Crippen LogP contribution is 2.17. The number of ether oxygens (including phenoxy) is 1. The minimum absolute atomic E-state index is 0.0152. The number of carbonyl (C=O) groups excluding carboxylic acids is 2. The maximum Gasteiger partial charge on any atom is 0.245 e. The topological polar surface area (TPSA) is 122 Å². The van der Waals surface area contributed by atoms with Crippen LogP contribution >= 0.6 is 23.6 Å². The molecule has 2 amide bonds. The third kappa shape index (κ3) is 6.18. The molecule has 0 saturated carbocycles. The second kappa shape index (κ2) is 7.77. The van der Waals surface area contributed by atoms with Gasteiger partial charge in [0.2, 0.25) is 16.9 Å². The van der Waals surface area contributed by atoms with Crippen LogP contribution in [0, 0.1) is 3.95 Å². The number of aromatic amines is 1. The van der Waals surface area contributed by atoms with Crippen LogP contribution in [0.3, 0.4) is 0 Å². The zero-order valence-corrected chi connectivity index (χ0v) is 14.6. The lowest BCUT2D eigenvalue weighted by Crippen LogP contribution is -2.50. The number of hydrogen-bond donors (Lipinski definition) is 4. The molecule has 1 aromatic heterocycles. The number of hydrogen-bond acceptors (Lipinski definition) is 7. The molecule has 10 heteroatoms. The summed E-state index contributed by atoms with van der Waals surface area (Å²) in [6.07, 6.45) is -0.773. The van der Waals surface area contributed by atoms with Gasteiger partial charge in [-0.1, -0.05) is 11.3 Å². The Labute approximate surface area is 137 Å². The summed E-state index contributed by atoms with van der Waals surface area (Å²) in [5.74, 6) is -0.746. The molecule has 0 radical (unpaired) electrons. The minimum Gasteiger partial charge on any atom is -0.370 e. The smallest absolute Gasteiger partial charge is 0.245 e. The summed E-state index contributed by atoms with van der Waals surface area (Å²) < 4.78 is 6.19. The fourth-order valence-corrected chi connectivity index (χ4v) is 2.41. The molecule has 2 unspecified atom stereocenters. The van der Waals surface area contributed by atoms with Crippen molar-refractivity contribution in [1.82, 2.24) is 15.5 Å². The van der Waals surface area contributed by atoms with Crippen molar-refractivity contribution >= 4 is 40.5 Å². The molecule has 5 N–H and O–H groups in total. The first-order valence-corrected chi connectivity index (χ1v) is 7.85. The Balaban J connectivity index is 2.80. The van der Waals surface area contributed by atoms with Gasteiger partial charge in [0.25, 0.3) is 0 Å². The number of nitrogens with two attached hydrogens (primary N) is 1. The van der Waals surface area contributed by atoms with Crippen molar-refractivity contribution in [2.75, 3.05) is 12.4 Å². The average molecular weight is 347 g/mol. The Bertz CT molecular complexity index is 578. The normalized spacial score (nSPS) is 14.2. The molecule has 8 nitrogen and oxygen atoms in total. The molecule has 22 heavy (non-hydrogen) atoms. The number of H-pyrrole nitrogens is 1. The van der Waals surface area contributed by atoms with E-state index in [1.54, 1.807) is 0 Å². The zero-order chi connectivity index (χ0) is 16.9. The van der Waals surface area contributed by atoms with E-state index in [9.17, 15) is 9.59 Å². The minimum atomic E-state index is -1.02. The summed E-state index contributed by atoms with van der Waals surface area (Å²) in [4.78, 5) is 23.8. The monoisotopic (exact) mass is 347 g/mol. The Kier molecular flexibility index (Phi) is 6.60. The quantitative estimate of drug-likeness (QED) is 0.564. The highest BCUT2D eigenvalue weighted by Gasteiger charge is 2.31. The van der Waals surface area contributed by atoms with E-state index in [-0.39, 0.29) is 12.3 Å². The molecule has 2 atom stereocenters. The van der Waals surface area contributed by atoms with Crippen molar-refractivity contribution < 1.29 is 14.3 Å². The van der Waals surface area contributed by atoms with Crippen LogP contribution in [-0.4, -0.2) is 46.8 Å². The third-order valence-electron chi connectivity index (χ3n) is 2.54. The molecule has 1 aromatic rings. The summed E-state index contributed by atoms with van der Waals surface area (Å²) in [5, 5.41) is 11.8. The molecule has 124 valence electrons. The first-order valence-electron chi connectivity index (χ1n) is 6.62. The highest BCUT2D eigenvalue weighted by molar-refractivity contribution is 7.73. The molecule has 0 aliphatic heterocycles. The van der Waals surface area contributed by atoms with Gasteiger partial charge in [-0.25, -0.2) is 0 Å². The van der Waals surface area contributed by atoms with Gasteiger partial charge < -0.3 is 15.8 Å². The van der Waals surface area contributed by atoms with E-state index >= 15 is 0 Å². The molecule has 0 aromatic carbocycles. The first kappa shape index (κ1) is 18.7. The van der Waals surface area contributed by atoms with Crippen LogP contribution in [0.5, 0.6) is 0 Å². The van der Waals surface area contributed by atoms with Gasteiger partial charge in [-0.05, 0) is 33.0 Å².